The van der Waals surface area contributed by atoms with Gasteiger partial charge in [0.25, 0.3) is 0 Å². The van der Waals surface area contributed by atoms with Crippen LogP contribution in [0.5, 0.6) is 0 Å². The molecule has 0 aliphatic carbocycles. The van der Waals surface area contributed by atoms with Gasteiger partial charge in [-0.2, -0.15) is 0 Å². The Balaban J connectivity index is 0.00000289. The third-order valence-electron chi connectivity index (χ3n) is 5.49. The summed E-state index contributed by atoms with van der Waals surface area (Å²) < 4.78 is 0. The molecule has 4 aromatic rings. The molecule has 0 fully saturated rings. The number of hydrogen-bond donors (Lipinski definition) is 0. The average molecular weight is 607 g/mol. The second kappa shape index (κ2) is 9.64. The molecular weight excluding hydrogens is 577 g/mol. The van der Waals surface area contributed by atoms with Crippen molar-refractivity contribution in [2.24, 2.45) is 0 Å². The van der Waals surface area contributed by atoms with Gasteiger partial charge >= 0.3 is 21.1 Å². The first kappa shape index (κ1) is 24.3. The largest absolute Gasteiger partial charge is 2.00 e. The van der Waals surface area contributed by atoms with Crippen molar-refractivity contribution < 1.29 is 21.1 Å². The van der Waals surface area contributed by atoms with Crippen molar-refractivity contribution in [3.05, 3.63) is 83.2 Å². The second-order valence-electron chi connectivity index (χ2n) is 9.69. The zero-order chi connectivity index (χ0) is 22.1. The first-order valence-corrected chi connectivity index (χ1v) is 10.7. The number of fused-ring (bicyclic) bond motifs is 1. The van der Waals surface area contributed by atoms with Gasteiger partial charge in [0.05, 0.1) is 5.69 Å². The van der Waals surface area contributed by atoms with Crippen LogP contribution >= 0.6 is 0 Å². The minimum Gasteiger partial charge on any atom is -0.656 e. The molecule has 168 valence electrons. The molecule has 0 bridgehead atoms. The molecular formula is C26H29N5Pt. The Morgan fingerprint density at radius 1 is 0.906 bits per heavy atom. The summed E-state index contributed by atoms with van der Waals surface area (Å²) in [6.45, 7) is 12.1. The van der Waals surface area contributed by atoms with E-state index in [4.69, 9.17) is 10.3 Å². The Hall–Kier alpha value is -2.36. The molecule has 0 N–H and O–H groups in total. The van der Waals surface area contributed by atoms with E-state index < -0.39 is 0 Å². The Morgan fingerprint density at radius 3 is 2.34 bits per heavy atom. The van der Waals surface area contributed by atoms with Crippen LogP contribution < -0.4 is 5.10 Å². The summed E-state index contributed by atoms with van der Waals surface area (Å²) in [5.41, 5.74) is 4.39. The molecule has 3 aromatic heterocycles. The summed E-state index contributed by atoms with van der Waals surface area (Å²) in [6.07, 6.45) is 1.81. The smallest absolute Gasteiger partial charge is 0.656 e. The number of rotatable bonds is 6. The average Bonchev–Trinajstić information content (AvgIpc) is 3.24. The molecule has 5 nitrogen and oxygen atoms in total. The van der Waals surface area contributed by atoms with Crippen LogP contribution in [0.1, 0.15) is 51.7 Å². The van der Waals surface area contributed by atoms with Crippen molar-refractivity contribution in [1.29, 1.82) is 0 Å². The van der Waals surface area contributed by atoms with Gasteiger partial charge < -0.3 is 15.5 Å². The predicted molar refractivity (Wildman–Crippen MR) is 126 cm³/mol. The van der Waals surface area contributed by atoms with E-state index in [-0.39, 0.29) is 31.9 Å². The van der Waals surface area contributed by atoms with E-state index in [1.54, 1.807) is 6.20 Å². The summed E-state index contributed by atoms with van der Waals surface area (Å²) in [5, 5.41) is 15.9. The van der Waals surface area contributed by atoms with Crippen LogP contribution in [0.15, 0.2) is 60.8 Å². The number of nitrogens with zero attached hydrogens (tertiary/aromatic N) is 5. The molecule has 0 spiro atoms. The Morgan fingerprint density at radius 2 is 1.66 bits per heavy atom. The monoisotopic (exact) mass is 606 g/mol. The van der Waals surface area contributed by atoms with Crippen LogP contribution in [0, 0.1) is 0 Å². The van der Waals surface area contributed by atoms with Gasteiger partial charge in [0, 0.05) is 34.1 Å². The zero-order valence-corrected chi connectivity index (χ0v) is 21.5. The molecule has 6 heteroatoms. The van der Waals surface area contributed by atoms with Gasteiger partial charge in [-0.15, -0.1) is 13.1 Å². The van der Waals surface area contributed by atoms with Gasteiger partial charge in [-0.25, -0.2) is 0 Å². The fourth-order valence-electron chi connectivity index (χ4n) is 3.54. The quantitative estimate of drug-likeness (QED) is 0.279. The molecule has 0 aliphatic heterocycles. The first-order chi connectivity index (χ1) is 14.7. The maximum absolute atomic E-state index is 5.09. The van der Waals surface area contributed by atoms with Crippen molar-refractivity contribution in [3.63, 3.8) is 0 Å². The minimum absolute atomic E-state index is 0. The normalized spacial score (nSPS) is 12.0. The van der Waals surface area contributed by atoms with Crippen LogP contribution in [0.4, 0.5) is 0 Å². The van der Waals surface area contributed by atoms with Crippen molar-refractivity contribution >= 4 is 10.8 Å². The van der Waals surface area contributed by atoms with Crippen LogP contribution in [-0.4, -0.2) is 21.6 Å². The molecule has 0 saturated heterocycles. The zero-order valence-electron chi connectivity index (χ0n) is 19.2. The fraction of sp³-hybridized carbons (Fsp3) is 0.346. The van der Waals surface area contributed by atoms with Gasteiger partial charge in [-0.05, 0) is 29.0 Å². The molecule has 3 heterocycles. The van der Waals surface area contributed by atoms with Crippen molar-refractivity contribution in [2.45, 2.75) is 52.0 Å². The number of aromatic nitrogens is 4. The van der Waals surface area contributed by atoms with Gasteiger partial charge in [0.1, 0.15) is 0 Å². The van der Waals surface area contributed by atoms with Gasteiger partial charge in [0.2, 0.25) is 0 Å². The van der Waals surface area contributed by atoms with Gasteiger partial charge in [0.15, 0.2) is 0 Å². The van der Waals surface area contributed by atoms with Crippen LogP contribution in [0.2, 0.25) is 0 Å². The van der Waals surface area contributed by atoms with E-state index in [0.717, 1.165) is 39.2 Å². The molecule has 0 radical (unpaired) electrons. The third-order valence-corrected chi connectivity index (χ3v) is 5.49. The molecule has 0 aliphatic rings. The molecule has 0 atom stereocenters. The molecule has 0 amide bonds. The standard InChI is InChI=1S/C26H29N5.Pt/c1-25(2,3)22-15-21(30-31-22)24-20-12-7-6-10-18(20)14-23(29-24)26(4,5)17-27-16-19-11-8-9-13-28-19;/h6-15H,16-17H2,1-5H3;/q-2;+2. The topological polar surface area (TPSA) is 66.9 Å². The van der Waals surface area contributed by atoms with E-state index in [2.05, 4.69) is 80.1 Å². The number of pyridine rings is 2. The number of hydrogen-bond acceptors (Lipinski definition) is 3. The van der Waals surface area contributed by atoms with Crippen LogP contribution in [0.3, 0.4) is 0 Å². The Kier molecular flexibility index (Phi) is 7.32. The Bertz CT molecular complexity index is 1180. The molecule has 1 aromatic carbocycles. The van der Waals surface area contributed by atoms with Gasteiger partial charge in [-0.3, -0.25) is 9.97 Å². The maximum Gasteiger partial charge on any atom is 2.00 e. The predicted octanol–water partition coefficient (Wildman–Crippen LogP) is 5.80. The van der Waals surface area contributed by atoms with Crippen molar-refractivity contribution in [3.8, 4) is 11.4 Å². The van der Waals surface area contributed by atoms with E-state index in [0.29, 0.717) is 13.1 Å². The maximum atomic E-state index is 5.09. The van der Waals surface area contributed by atoms with E-state index in [9.17, 15) is 0 Å². The summed E-state index contributed by atoms with van der Waals surface area (Å²) in [7, 11) is 0. The van der Waals surface area contributed by atoms with E-state index in [1.807, 2.05) is 24.3 Å². The first-order valence-electron chi connectivity index (χ1n) is 10.7. The summed E-state index contributed by atoms with van der Waals surface area (Å²) in [4.78, 5) is 9.45. The SMILES string of the molecule is CC(C)(C)c1cc(-c2nc(C(C)(C)C[N-]Cc3ccccn3)cc3ccccc23)[n-]n1.[Pt+2]. The fourth-order valence-corrected chi connectivity index (χ4v) is 3.54. The van der Waals surface area contributed by atoms with E-state index >= 15 is 0 Å². The summed E-state index contributed by atoms with van der Waals surface area (Å²) >= 11 is 0. The van der Waals surface area contributed by atoms with Gasteiger partial charge in [-0.1, -0.05) is 76.7 Å². The van der Waals surface area contributed by atoms with Crippen LogP contribution in [-0.2, 0) is 38.4 Å². The summed E-state index contributed by atoms with van der Waals surface area (Å²) in [6, 6.07) is 18.5. The third kappa shape index (κ3) is 5.33. The Labute approximate surface area is 204 Å². The van der Waals surface area contributed by atoms with Crippen molar-refractivity contribution in [1.82, 2.24) is 20.2 Å². The summed E-state index contributed by atoms with van der Waals surface area (Å²) in [5.74, 6) is 0. The molecule has 32 heavy (non-hydrogen) atoms. The molecule has 0 unspecified atom stereocenters. The minimum atomic E-state index is -0.222. The molecule has 0 saturated carbocycles. The van der Waals surface area contributed by atoms with Crippen LogP contribution in [0.25, 0.3) is 27.5 Å². The molecule has 4 rings (SSSR count). The van der Waals surface area contributed by atoms with E-state index in [1.165, 1.54) is 0 Å². The second-order valence-corrected chi connectivity index (χ2v) is 9.69. The van der Waals surface area contributed by atoms with Crippen molar-refractivity contribution in [2.75, 3.05) is 6.54 Å². The number of benzene rings is 1.